The van der Waals surface area contributed by atoms with E-state index in [9.17, 15) is 10.1 Å². The van der Waals surface area contributed by atoms with Gasteiger partial charge in [-0.3, -0.25) is 9.78 Å². The number of nitriles is 1. The molecule has 4 rings (SSSR count). The molecule has 1 amide bonds. The zero-order chi connectivity index (χ0) is 18.8. The molecule has 2 aromatic rings. The van der Waals surface area contributed by atoms with Gasteiger partial charge in [-0.1, -0.05) is 11.3 Å². The van der Waals surface area contributed by atoms with Crippen molar-refractivity contribution in [1.82, 2.24) is 20.1 Å². The van der Waals surface area contributed by atoms with Crippen LogP contribution in [0.25, 0.3) is 10.6 Å². The fourth-order valence-corrected chi connectivity index (χ4v) is 4.72. The van der Waals surface area contributed by atoms with Gasteiger partial charge in [0.2, 0.25) is 5.91 Å². The van der Waals surface area contributed by atoms with Crippen molar-refractivity contribution in [3.8, 4) is 16.6 Å². The summed E-state index contributed by atoms with van der Waals surface area (Å²) in [5.41, 5.74) is 2.10. The van der Waals surface area contributed by atoms with Crippen LogP contribution in [0.2, 0.25) is 0 Å². The van der Waals surface area contributed by atoms with Crippen molar-refractivity contribution < 1.29 is 4.79 Å². The number of nitrogens with zero attached hydrogens (tertiary/aromatic N) is 6. The highest BCUT2D eigenvalue weighted by molar-refractivity contribution is 7.14. The lowest BCUT2D eigenvalue weighted by Gasteiger charge is -2.35. The second-order valence-corrected chi connectivity index (χ2v) is 8.28. The first-order valence-corrected chi connectivity index (χ1v) is 10.2. The number of carbonyl (C=O) groups is 1. The summed E-state index contributed by atoms with van der Waals surface area (Å²) in [4.78, 5) is 21.2. The zero-order valence-corrected chi connectivity index (χ0v) is 16.2. The molecule has 140 valence electrons. The molecule has 0 aromatic carbocycles. The van der Waals surface area contributed by atoms with Gasteiger partial charge in [-0.15, -0.1) is 10.2 Å². The summed E-state index contributed by atoms with van der Waals surface area (Å²) in [6.07, 6.45) is 7.00. The quantitative estimate of drug-likeness (QED) is 0.811. The summed E-state index contributed by atoms with van der Waals surface area (Å²) in [6.45, 7) is 4.28. The van der Waals surface area contributed by atoms with Gasteiger partial charge in [0.15, 0.2) is 0 Å². The summed E-state index contributed by atoms with van der Waals surface area (Å²) in [7, 11) is 0. The van der Waals surface area contributed by atoms with E-state index >= 15 is 0 Å². The van der Waals surface area contributed by atoms with Gasteiger partial charge in [-0.05, 0) is 38.7 Å². The van der Waals surface area contributed by atoms with Gasteiger partial charge < -0.3 is 9.80 Å². The number of piperidine rings is 1. The predicted octanol–water partition coefficient (Wildman–Crippen LogP) is 2.64. The molecule has 0 bridgehead atoms. The lowest BCUT2D eigenvalue weighted by atomic mass is 9.94. The highest BCUT2D eigenvalue weighted by atomic mass is 32.1. The minimum Gasteiger partial charge on any atom is -0.370 e. The molecule has 0 spiro atoms. The number of hydrogen-bond donors (Lipinski definition) is 0. The molecule has 2 aliphatic heterocycles. The molecule has 2 aliphatic rings. The van der Waals surface area contributed by atoms with Gasteiger partial charge in [0.05, 0.1) is 18.0 Å². The molecule has 27 heavy (non-hydrogen) atoms. The van der Waals surface area contributed by atoms with Crippen LogP contribution in [0.15, 0.2) is 18.5 Å². The van der Waals surface area contributed by atoms with Crippen molar-refractivity contribution in [1.29, 1.82) is 5.26 Å². The Morgan fingerprint density at radius 1 is 1.26 bits per heavy atom. The number of hydrogen-bond acceptors (Lipinski definition) is 7. The minimum atomic E-state index is -0.235. The maximum absolute atomic E-state index is 12.8. The lowest BCUT2D eigenvalue weighted by molar-refractivity contribution is -0.136. The normalized spacial score (nSPS) is 20.7. The predicted molar refractivity (Wildman–Crippen MR) is 103 cm³/mol. The molecule has 7 nitrogen and oxygen atoms in total. The number of amides is 1. The standard InChI is InChI=1S/C19H22N6OS/c1-13-22-23-18(27-13)16-4-7-21-12-17(16)24-9-5-14(6-10-24)19(26)25-8-2-3-15(25)11-20/h4,7,12,14-15H,2-3,5-6,8-10H2,1H3/t15-/m1/s1. The molecule has 2 saturated heterocycles. The fraction of sp³-hybridized carbons (Fsp3) is 0.526. The average molecular weight is 382 g/mol. The highest BCUT2D eigenvalue weighted by Crippen LogP contribution is 2.34. The van der Waals surface area contributed by atoms with Gasteiger partial charge >= 0.3 is 0 Å². The molecule has 0 saturated carbocycles. The van der Waals surface area contributed by atoms with Gasteiger partial charge in [-0.2, -0.15) is 5.26 Å². The summed E-state index contributed by atoms with van der Waals surface area (Å²) < 4.78 is 0. The second-order valence-electron chi connectivity index (χ2n) is 7.10. The number of likely N-dealkylation sites (tertiary alicyclic amines) is 1. The Kier molecular flexibility index (Phi) is 5.03. The van der Waals surface area contributed by atoms with E-state index in [0.29, 0.717) is 0 Å². The Morgan fingerprint density at radius 3 is 2.78 bits per heavy atom. The maximum Gasteiger partial charge on any atom is 0.226 e. The van der Waals surface area contributed by atoms with Crippen molar-refractivity contribution in [2.24, 2.45) is 5.92 Å². The van der Waals surface area contributed by atoms with Crippen molar-refractivity contribution in [3.63, 3.8) is 0 Å². The van der Waals surface area contributed by atoms with Crippen LogP contribution in [0, 0.1) is 24.2 Å². The van der Waals surface area contributed by atoms with E-state index in [4.69, 9.17) is 0 Å². The Hall–Kier alpha value is -2.53. The monoisotopic (exact) mass is 382 g/mol. The molecule has 0 radical (unpaired) electrons. The maximum atomic E-state index is 12.8. The van der Waals surface area contributed by atoms with Crippen LogP contribution in [-0.2, 0) is 4.79 Å². The van der Waals surface area contributed by atoms with E-state index in [2.05, 4.69) is 26.2 Å². The SMILES string of the molecule is Cc1nnc(-c2ccncc2N2CCC(C(=O)N3CCC[C@@H]3C#N)CC2)s1. The Morgan fingerprint density at radius 2 is 2.07 bits per heavy atom. The molecule has 2 fully saturated rings. The van der Waals surface area contributed by atoms with Crippen molar-refractivity contribution in [2.75, 3.05) is 24.5 Å². The van der Waals surface area contributed by atoms with Crippen LogP contribution >= 0.6 is 11.3 Å². The minimum absolute atomic E-state index is 0.0131. The van der Waals surface area contributed by atoms with Crippen LogP contribution in [0.4, 0.5) is 5.69 Å². The smallest absolute Gasteiger partial charge is 0.226 e. The topological polar surface area (TPSA) is 86.0 Å². The molecular weight excluding hydrogens is 360 g/mol. The molecule has 0 aliphatic carbocycles. The summed E-state index contributed by atoms with van der Waals surface area (Å²) >= 11 is 1.58. The number of pyridine rings is 1. The van der Waals surface area contributed by atoms with E-state index in [-0.39, 0.29) is 17.9 Å². The van der Waals surface area contributed by atoms with E-state index in [1.54, 1.807) is 22.4 Å². The van der Waals surface area contributed by atoms with Gasteiger partial charge in [0, 0.05) is 37.3 Å². The summed E-state index contributed by atoms with van der Waals surface area (Å²) in [5.74, 6) is 0.170. The zero-order valence-electron chi connectivity index (χ0n) is 15.3. The van der Waals surface area contributed by atoms with E-state index in [0.717, 1.165) is 66.6 Å². The number of aromatic nitrogens is 3. The van der Waals surface area contributed by atoms with Crippen LogP contribution in [0.5, 0.6) is 0 Å². The van der Waals surface area contributed by atoms with E-state index in [1.807, 2.05) is 19.2 Å². The Bertz CT molecular complexity index is 867. The third-order valence-corrected chi connectivity index (χ3v) is 6.30. The molecule has 0 N–H and O–H groups in total. The molecular formula is C19H22N6OS. The third kappa shape index (κ3) is 3.52. The first-order chi connectivity index (χ1) is 13.2. The lowest BCUT2D eigenvalue weighted by Crippen LogP contribution is -2.44. The molecule has 2 aromatic heterocycles. The van der Waals surface area contributed by atoms with Crippen molar-refractivity contribution >= 4 is 22.9 Å². The van der Waals surface area contributed by atoms with Crippen molar-refractivity contribution in [2.45, 2.75) is 38.6 Å². The van der Waals surface area contributed by atoms with Gasteiger partial charge in [0.1, 0.15) is 16.1 Å². The van der Waals surface area contributed by atoms with Gasteiger partial charge in [-0.25, -0.2) is 0 Å². The number of carbonyl (C=O) groups excluding carboxylic acids is 1. The van der Waals surface area contributed by atoms with Crippen LogP contribution in [-0.4, -0.2) is 51.7 Å². The Labute approximate surface area is 162 Å². The molecule has 8 heteroatoms. The third-order valence-electron chi connectivity index (χ3n) is 5.43. The van der Waals surface area contributed by atoms with Gasteiger partial charge in [0.25, 0.3) is 0 Å². The fourth-order valence-electron chi connectivity index (χ4n) is 3.99. The second kappa shape index (κ2) is 7.61. The first-order valence-electron chi connectivity index (χ1n) is 9.37. The first kappa shape index (κ1) is 17.9. The summed E-state index contributed by atoms with van der Waals surface area (Å²) in [5, 5.41) is 19.5. The van der Waals surface area contributed by atoms with Crippen LogP contribution in [0.3, 0.4) is 0 Å². The van der Waals surface area contributed by atoms with Crippen LogP contribution < -0.4 is 4.90 Å². The summed E-state index contributed by atoms with van der Waals surface area (Å²) in [6, 6.07) is 4.02. The number of aryl methyl sites for hydroxylation is 1. The van der Waals surface area contributed by atoms with Crippen LogP contribution in [0.1, 0.15) is 30.7 Å². The molecule has 0 unspecified atom stereocenters. The molecule has 4 heterocycles. The largest absolute Gasteiger partial charge is 0.370 e. The highest BCUT2D eigenvalue weighted by Gasteiger charge is 2.35. The molecule has 1 atom stereocenters. The number of rotatable bonds is 3. The Balaban J connectivity index is 1.46. The average Bonchev–Trinajstić information content (AvgIpc) is 3.36. The van der Waals surface area contributed by atoms with Crippen molar-refractivity contribution in [3.05, 3.63) is 23.5 Å². The van der Waals surface area contributed by atoms with E-state index < -0.39 is 0 Å². The van der Waals surface area contributed by atoms with E-state index in [1.165, 1.54) is 0 Å². The number of anilines is 1.